The summed E-state index contributed by atoms with van der Waals surface area (Å²) in [5.41, 5.74) is 3.77. The molecule has 7 heteroatoms. The molecule has 0 fully saturated rings. The largest absolute Gasteiger partial charge is 0.733 e. The van der Waals surface area contributed by atoms with Gasteiger partial charge in [-0.1, -0.05) is 36.4 Å². The predicted molar refractivity (Wildman–Crippen MR) is 100 cm³/mol. The lowest BCUT2D eigenvalue weighted by Gasteiger charge is -2.21. The van der Waals surface area contributed by atoms with E-state index in [0.29, 0.717) is 11.6 Å². The number of aromatic nitrogens is 2. The van der Waals surface area contributed by atoms with Crippen LogP contribution < -0.4 is 10.5 Å². The van der Waals surface area contributed by atoms with Gasteiger partial charge in [-0.2, -0.15) is 0 Å². The van der Waals surface area contributed by atoms with Gasteiger partial charge in [0.2, 0.25) is 5.95 Å². The van der Waals surface area contributed by atoms with Gasteiger partial charge < -0.3 is 15.8 Å². The van der Waals surface area contributed by atoms with Crippen molar-refractivity contribution in [3.05, 3.63) is 71.4 Å². The molecule has 25 heavy (non-hydrogen) atoms. The fourth-order valence-corrected chi connectivity index (χ4v) is 3.42. The summed E-state index contributed by atoms with van der Waals surface area (Å²) in [6, 6.07) is 16.5. The molecule has 2 aromatic carbocycles. The van der Waals surface area contributed by atoms with Crippen LogP contribution in [0.4, 0.5) is 17.3 Å². The van der Waals surface area contributed by atoms with Crippen LogP contribution in [-0.4, -0.2) is 15.2 Å². The minimum absolute atomic E-state index is 0.131. The Morgan fingerprint density at radius 2 is 1.92 bits per heavy atom. The van der Waals surface area contributed by atoms with E-state index in [0.717, 1.165) is 21.3 Å². The SMILES string of the molecule is [O-]N(O)c1cccc(Nc2ncc3scc(-c4ccccc4)c3n2)c1. The second kappa shape index (κ2) is 6.48. The van der Waals surface area contributed by atoms with Gasteiger partial charge >= 0.3 is 0 Å². The third-order valence-electron chi connectivity index (χ3n) is 3.72. The molecule has 0 aliphatic carbocycles. The smallest absolute Gasteiger partial charge is 0.227 e. The van der Waals surface area contributed by atoms with E-state index in [1.165, 1.54) is 12.1 Å². The van der Waals surface area contributed by atoms with Gasteiger partial charge in [0.15, 0.2) is 0 Å². The van der Waals surface area contributed by atoms with Crippen LogP contribution in [-0.2, 0) is 0 Å². The molecule has 0 amide bonds. The summed E-state index contributed by atoms with van der Waals surface area (Å²) < 4.78 is 0.999. The highest BCUT2D eigenvalue weighted by atomic mass is 32.1. The van der Waals surface area contributed by atoms with Crippen molar-refractivity contribution in [2.45, 2.75) is 0 Å². The molecule has 0 aliphatic heterocycles. The Bertz CT molecular complexity index is 1020. The van der Waals surface area contributed by atoms with Gasteiger partial charge in [0, 0.05) is 16.6 Å². The van der Waals surface area contributed by atoms with E-state index in [4.69, 9.17) is 5.21 Å². The van der Waals surface area contributed by atoms with Crippen molar-refractivity contribution in [3.63, 3.8) is 0 Å². The predicted octanol–water partition coefficient (Wildman–Crippen LogP) is 4.80. The Morgan fingerprint density at radius 3 is 2.72 bits per heavy atom. The lowest BCUT2D eigenvalue weighted by atomic mass is 10.1. The molecule has 0 spiro atoms. The number of nitrogens with zero attached hydrogens (tertiary/aromatic N) is 3. The molecule has 0 saturated carbocycles. The number of anilines is 3. The number of fused-ring (bicyclic) bond motifs is 1. The number of hydrogen-bond donors (Lipinski definition) is 2. The fraction of sp³-hybridized carbons (Fsp3) is 0. The number of thiophene rings is 1. The van der Waals surface area contributed by atoms with Crippen LogP contribution in [0.3, 0.4) is 0 Å². The van der Waals surface area contributed by atoms with Crippen LogP contribution in [0.5, 0.6) is 0 Å². The summed E-state index contributed by atoms with van der Waals surface area (Å²) in [7, 11) is 0. The highest BCUT2D eigenvalue weighted by molar-refractivity contribution is 7.17. The van der Waals surface area contributed by atoms with Crippen molar-refractivity contribution in [1.29, 1.82) is 0 Å². The molecule has 0 radical (unpaired) electrons. The maximum Gasteiger partial charge on any atom is 0.227 e. The van der Waals surface area contributed by atoms with E-state index in [-0.39, 0.29) is 10.9 Å². The van der Waals surface area contributed by atoms with Crippen LogP contribution in [0, 0.1) is 5.21 Å². The second-order valence-electron chi connectivity index (χ2n) is 5.37. The van der Waals surface area contributed by atoms with Crippen LogP contribution in [0.15, 0.2) is 66.2 Å². The first-order valence-electron chi connectivity index (χ1n) is 7.53. The molecular weight excluding hydrogens is 336 g/mol. The number of hydrogen-bond acceptors (Lipinski definition) is 7. The summed E-state index contributed by atoms with van der Waals surface area (Å²) in [5, 5.41) is 25.0. The zero-order valence-electron chi connectivity index (χ0n) is 13.0. The van der Waals surface area contributed by atoms with Crippen LogP contribution >= 0.6 is 11.3 Å². The summed E-state index contributed by atoms with van der Waals surface area (Å²) in [5.74, 6) is 0.426. The van der Waals surface area contributed by atoms with Crippen molar-refractivity contribution in [2.24, 2.45) is 0 Å². The van der Waals surface area contributed by atoms with Gasteiger partial charge in [0.1, 0.15) is 0 Å². The van der Waals surface area contributed by atoms with Gasteiger partial charge in [0.25, 0.3) is 0 Å². The highest BCUT2D eigenvalue weighted by Crippen LogP contribution is 2.33. The first-order valence-corrected chi connectivity index (χ1v) is 8.41. The Hall–Kier alpha value is -3.00. The van der Waals surface area contributed by atoms with Gasteiger partial charge in [-0.05, 0) is 23.8 Å². The molecule has 0 atom stereocenters. The monoisotopic (exact) mass is 349 g/mol. The lowest BCUT2D eigenvalue weighted by Crippen LogP contribution is -2.07. The van der Waals surface area contributed by atoms with Gasteiger partial charge in [-0.15, -0.1) is 11.3 Å². The lowest BCUT2D eigenvalue weighted by molar-refractivity contribution is 0.296. The number of nitrogens with one attached hydrogen (secondary N) is 1. The standard InChI is InChI=1S/C18H13N4O2S/c23-22(24)14-8-4-7-13(9-14)20-18-19-10-16-17(21-18)15(11-25-16)12-5-2-1-3-6-12/h1-11,23H,(H,19,20,21)/q-1. The highest BCUT2D eigenvalue weighted by Gasteiger charge is 2.10. The third kappa shape index (κ3) is 3.16. The molecule has 124 valence electrons. The van der Waals surface area contributed by atoms with Crippen molar-refractivity contribution in [1.82, 2.24) is 9.97 Å². The maximum atomic E-state index is 11.0. The second-order valence-corrected chi connectivity index (χ2v) is 6.28. The Balaban J connectivity index is 1.71. The quantitative estimate of drug-likeness (QED) is 0.515. The van der Waals surface area contributed by atoms with Crippen LogP contribution in [0.25, 0.3) is 21.3 Å². The molecule has 0 unspecified atom stereocenters. The normalized spacial score (nSPS) is 10.8. The first kappa shape index (κ1) is 15.5. The average Bonchev–Trinajstić information content (AvgIpc) is 3.06. The van der Waals surface area contributed by atoms with Crippen molar-refractivity contribution >= 4 is 38.9 Å². The van der Waals surface area contributed by atoms with Crippen molar-refractivity contribution in [2.75, 3.05) is 10.5 Å². The molecular formula is C18H13N4O2S-. The summed E-state index contributed by atoms with van der Waals surface area (Å²) in [4.78, 5) is 8.93. The summed E-state index contributed by atoms with van der Waals surface area (Å²) >= 11 is 1.60. The zero-order chi connectivity index (χ0) is 17.2. The molecule has 2 N–H and O–H groups in total. The minimum atomic E-state index is -0.179. The average molecular weight is 349 g/mol. The molecule has 0 aliphatic rings. The summed E-state index contributed by atoms with van der Waals surface area (Å²) in [6.45, 7) is 0. The molecule has 2 aromatic heterocycles. The van der Waals surface area contributed by atoms with Crippen LogP contribution in [0.2, 0.25) is 0 Å². The number of rotatable bonds is 4. The first-order chi connectivity index (χ1) is 12.2. The number of benzene rings is 2. The van der Waals surface area contributed by atoms with Crippen LogP contribution in [0.1, 0.15) is 0 Å². The molecule has 4 aromatic rings. The maximum absolute atomic E-state index is 11.0. The van der Waals surface area contributed by atoms with E-state index in [2.05, 4.69) is 20.7 Å². The Labute approximate surface area is 147 Å². The van der Waals surface area contributed by atoms with E-state index in [1.54, 1.807) is 29.7 Å². The van der Waals surface area contributed by atoms with E-state index < -0.39 is 0 Å². The Kier molecular flexibility index (Phi) is 4.02. The van der Waals surface area contributed by atoms with Gasteiger partial charge in [-0.25, -0.2) is 9.97 Å². The van der Waals surface area contributed by atoms with E-state index >= 15 is 0 Å². The van der Waals surface area contributed by atoms with Gasteiger partial charge in [-0.3, -0.25) is 5.21 Å². The molecule has 0 saturated heterocycles. The third-order valence-corrected chi connectivity index (χ3v) is 4.63. The molecule has 0 bridgehead atoms. The van der Waals surface area contributed by atoms with E-state index in [1.807, 2.05) is 30.3 Å². The molecule has 4 rings (SSSR count). The van der Waals surface area contributed by atoms with Gasteiger partial charge in [0.05, 0.1) is 22.1 Å². The Morgan fingerprint density at radius 1 is 1.08 bits per heavy atom. The molecule has 6 nitrogen and oxygen atoms in total. The van der Waals surface area contributed by atoms with Crippen molar-refractivity contribution < 1.29 is 5.21 Å². The van der Waals surface area contributed by atoms with E-state index in [9.17, 15) is 5.21 Å². The topological polar surface area (TPSA) is 84.3 Å². The fourth-order valence-electron chi connectivity index (χ4n) is 2.54. The summed E-state index contributed by atoms with van der Waals surface area (Å²) in [6.07, 6.45) is 1.78. The zero-order valence-corrected chi connectivity index (χ0v) is 13.8. The van der Waals surface area contributed by atoms with Crippen molar-refractivity contribution in [3.8, 4) is 11.1 Å². The molecule has 2 heterocycles. The minimum Gasteiger partial charge on any atom is -0.733 e.